The van der Waals surface area contributed by atoms with Crippen molar-refractivity contribution < 1.29 is 9.53 Å². The second kappa shape index (κ2) is 5.41. The highest BCUT2D eigenvalue weighted by Gasteiger charge is 2.41. The Balaban J connectivity index is 2.08. The summed E-state index contributed by atoms with van der Waals surface area (Å²) in [7, 11) is 0. The third-order valence-corrected chi connectivity index (χ3v) is 4.13. The highest BCUT2D eigenvalue weighted by atomic mass is 79.9. The summed E-state index contributed by atoms with van der Waals surface area (Å²) in [6.07, 6.45) is 0.111. The molecule has 1 aliphatic heterocycles. The number of rotatable bonds is 2. The summed E-state index contributed by atoms with van der Waals surface area (Å²) < 4.78 is 6.65. The lowest BCUT2D eigenvalue weighted by molar-refractivity contribution is -0.121. The van der Waals surface area contributed by atoms with E-state index in [4.69, 9.17) is 4.74 Å². The average Bonchev–Trinajstić information content (AvgIpc) is 2.53. The highest BCUT2D eigenvalue weighted by molar-refractivity contribution is 9.10. The van der Waals surface area contributed by atoms with Crippen LogP contribution in [0.1, 0.15) is 20.8 Å². The first kappa shape index (κ1) is 13.6. The predicted octanol–water partition coefficient (Wildman–Crippen LogP) is 3.45. The molecule has 1 aliphatic rings. The minimum absolute atomic E-state index is 0.0258. The molecule has 4 unspecified atom stereocenters. The number of hydrogen-bond acceptors (Lipinski definition) is 2. The van der Waals surface area contributed by atoms with Crippen LogP contribution in [0.5, 0.6) is 0 Å². The van der Waals surface area contributed by atoms with E-state index in [1.54, 1.807) is 0 Å². The highest BCUT2D eigenvalue weighted by Crippen LogP contribution is 2.33. The van der Waals surface area contributed by atoms with Gasteiger partial charge in [-0.25, -0.2) is 0 Å². The molecule has 1 saturated heterocycles. The van der Waals surface area contributed by atoms with Crippen molar-refractivity contribution in [2.24, 2.45) is 11.8 Å². The van der Waals surface area contributed by atoms with Crippen LogP contribution >= 0.6 is 15.9 Å². The first-order valence-corrected chi connectivity index (χ1v) is 7.00. The number of ether oxygens (including phenoxy) is 1. The Bertz CT molecular complexity index is 449. The summed E-state index contributed by atoms with van der Waals surface area (Å²) in [6, 6.07) is 7.62. The molecule has 4 heteroatoms. The fourth-order valence-corrected chi connectivity index (χ4v) is 2.91. The molecule has 1 fully saturated rings. The van der Waals surface area contributed by atoms with Crippen molar-refractivity contribution in [2.75, 3.05) is 5.32 Å². The number of amides is 1. The quantitative estimate of drug-likeness (QED) is 0.908. The van der Waals surface area contributed by atoms with Crippen LogP contribution in [-0.4, -0.2) is 18.1 Å². The van der Waals surface area contributed by atoms with Crippen LogP contribution in [-0.2, 0) is 9.53 Å². The number of carbonyl (C=O) groups is 1. The molecule has 1 heterocycles. The maximum atomic E-state index is 12.3. The molecule has 2 rings (SSSR count). The summed E-state index contributed by atoms with van der Waals surface area (Å²) in [4.78, 5) is 12.3. The molecule has 0 aromatic heterocycles. The van der Waals surface area contributed by atoms with Crippen molar-refractivity contribution in [2.45, 2.75) is 33.0 Å². The van der Waals surface area contributed by atoms with Crippen molar-refractivity contribution in [1.82, 2.24) is 0 Å². The Morgan fingerprint density at radius 1 is 1.28 bits per heavy atom. The molecule has 1 aromatic rings. The smallest absolute Gasteiger partial charge is 0.230 e. The van der Waals surface area contributed by atoms with E-state index in [9.17, 15) is 4.79 Å². The molecular formula is C14H18BrNO2. The summed E-state index contributed by atoms with van der Waals surface area (Å²) in [5.41, 5.74) is 0.813. The molecule has 0 radical (unpaired) electrons. The summed E-state index contributed by atoms with van der Waals surface area (Å²) >= 11 is 3.39. The van der Waals surface area contributed by atoms with E-state index < -0.39 is 0 Å². The van der Waals surface area contributed by atoms with Gasteiger partial charge in [-0.2, -0.15) is 0 Å². The number of hydrogen-bond donors (Lipinski definition) is 1. The maximum Gasteiger partial charge on any atom is 0.230 e. The number of carbonyl (C=O) groups excluding carboxylic acids is 1. The number of anilines is 1. The molecule has 0 spiro atoms. The third-order valence-electron chi connectivity index (χ3n) is 3.64. The second-order valence-electron chi connectivity index (χ2n) is 4.93. The fourth-order valence-electron chi connectivity index (χ4n) is 2.51. The van der Waals surface area contributed by atoms with Gasteiger partial charge in [0.2, 0.25) is 5.91 Å². The Morgan fingerprint density at radius 3 is 2.56 bits per heavy atom. The summed E-state index contributed by atoms with van der Waals surface area (Å²) in [5, 5.41) is 2.96. The van der Waals surface area contributed by atoms with E-state index in [0.29, 0.717) is 0 Å². The molecule has 18 heavy (non-hydrogen) atoms. The van der Waals surface area contributed by atoms with Crippen molar-refractivity contribution in [3.63, 3.8) is 0 Å². The van der Waals surface area contributed by atoms with Gasteiger partial charge in [-0.05, 0) is 38.0 Å². The first-order valence-electron chi connectivity index (χ1n) is 6.21. The van der Waals surface area contributed by atoms with E-state index in [2.05, 4.69) is 28.2 Å². The SMILES string of the molecule is CC1OC(C)C(C(=O)Nc2cccc(Br)c2)C1C. The summed E-state index contributed by atoms with van der Waals surface area (Å²) in [6.45, 7) is 6.05. The zero-order valence-corrected chi connectivity index (χ0v) is 12.4. The standard InChI is InChI=1S/C14H18BrNO2/c1-8-9(2)18-10(3)13(8)14(17)16-12-6-4-5-11(15)7-12/h4-10,13H,1-3H3,(H,16,17). The molecule has 1 aromatic carbocycles. The van der Waals surface area contributed by atoms with Gasteiger partial charge < -0.3 is 10.1 Å². The van der Waals surface area contributed by atoms with Crippen LogP contribution in [0.4, 0.5) is 5.69 Å². The van der Waals surface area contributed by atoms with Crippen molar-refractivity contribution >= 4 is 27.5 Å². The topological polar surface area (TPSA) is 38.3 Å². The molecule has 98 valence electrons. The second-order valence-corrected chi connectivity index (χ2v) is 5.85. The van der Waals surface area contributed by atoms with Gasteiger partial charge in [-0.3, -0.25) is 4.79 Å². The number of benzene rings is 1. The molecule has 3 nitrogen and oxygen atoms in total. The van der Waals surface area contributed by atoms with Crippen molar-refractivity contribution in [3.05, 3.63) is 28.7 Å². The molecule has 1 N–H and O–H groups in total. The largest absolute Gasteiger partial charge is 0.374 e. The van der Waals surface area contributed by atoms with E-state index in [0.717, 1.165) is 10.2 Å². The van der Waals surface area contributed by atoms with Gasteiger partial charge >= 0.3 is 0 Å². The van der Waals surface area contributed by atoms with E-state index >= 15 is 0 Å². The Kier molecular flexibility index (Phi) is 4.07. The Morgan fingerprint density at radius 2 is 2.00 bits per heavy atom. The fraction of sp³-hybridized carbons (Fsp3) is 0.500. The van der Waals surface area contributed by atoms with E-state index in [1.165, 1.54) is 0 Å². The van der Waals surface area contributed by atoms with Gasteiger partial charge in [-0.15, -0.1) is 0 Å². The summed E-state index contributed by atoms with van der Waals surface area (Å²) in [5.74, 6) is 0.198. The van der Waals surface area contributed by atoms with Crippen molar-refractivity contribution in [3.8, 4) is 0 Å². The molecule has 0 saturated carbocycles. The van der Waals surface area contributed by atoms with Crippen LogP contribution in [0.15, 0.2) is 28.7 Å². The monoisotopic (exact) mass is 311 g/mol. The zero-order chi connectivity index (χ0) is 13.3. The molecule has 1 amide bonds. The van der Waals surface area contributed by atoms with Crippen LogP contribution in [0.25, 0.3) is 0 Å². The minimum Gasteiger partial charge on any atom is -0.374 e. The van der Waals surface area contributed by atoms with Crippen LogP contribution in [0.2, 0.25) is 0 Å². The number of halogens is 1. The molecule has 0 bridgehead atoms. The lowest BCUT2D eigenvalue weighted by atomic mass is 9.89. The lowest BCUT2D eigenvalue weighted by Crippen LogP contribution is -2.31. The lowest BCUT2D eigenvalue weighted by Gasteiger charge is -2.18. The Hall–Kier alpha value is -0.870. The third kappa shape index (κ3) is 2.75. The average molecular weight is 312 g/mol. The maximum absolute atomic E-state index is 12.3. The molecule has 0 aliphatic carbocycles. The van der Waals surface area contributed by atoms with Crippen molar-refractivity contribution in [1.29, 1.82) is 0 Å². The van der Waals surface area contributed by atoms with Gasteiger partial charge in [0.05, 0.1) is 18.1 Å². The van der Waals surface area contributed by atoms with E-state index in [1.807, 2.05) is 38.1 Å². The van der Waals surface area contributed by atoms with Gasteiger partial charge in [0, 0.05) is 10.2 Å². The molecular weight excluding hydrogens is 294 g/mol. The van der Waals surface area contributed by atoms with Crippen LogP contribution in [0, 0.1) is 11.8 Å². The van der Waals surface area contributed by atoms with Crippen LogP contribution < -0.4 is 5.32 Å². The van der Waals surface area contributed by atoms with Crippen LogP contribution in [0.3, 0.4) is 0 Å². The van der Waals surface area contributed by atoms with Gasteiger partial charge in [0.1, 0.15) is 0 Å². The van der Waals surface area contributed by atoms with Gasteiger partial charge in [-0.1, -0.05) is 28.9 Å². The Labute approximate surface area is 116 Å². The minimum atomic E-state index is -0.0843. The molecule has 4 atom stereocenters. The van der Waals surface area contributed by atoms with Gasteiger partial charge in [0.15, 0.2) is 0 Å². The van der Waals surface area contributed by atoms with Gasteiger partial charge in [0.25, 0.3) is 0 Å². The zero-order valence-electron chi connectivity index (χ0n) is 10.8. The van der Waals surface area contributed by atoms with E-state index in [-0.39, 0.29) is 30.0 Å². The first-order chi connectivity index (χ1) is 8.49. The normalized spacial score (nSPS) is 31.3. The number of nitrogens with one attached hydrogen (secondary N) is 1. The predicted molar refractivity (Wildman–Crippen MR) is 75.4 cm³/mol.